The second kappa shape index (κ2) is 5.72. The Balaban J connectivity index is 1.64. The molecule has 0 radical (unpaired) electrons. The van der Waals surface area contributed by atoms with Gasteiger partial charge in [0.1, 0.15) is 5.75 Å². The Morgan fingerprint density at radius 2 is 2.14 bits per heavy atom. The number of rotatable bonds is 5. The zero-order chi connectivity index (χ0) is 15.7. The number of carbonyl (C=O) groups is 1. The number of ether oxygens (including phenoxy) is 1. The average Bonchev–Trinajstić information content (AvgIpc) is 3.06. The fourth-order valence-electron chi connectivity index (χ4n) is 2.70. The summed E-state index contributed by atoms with van der Waals surface area (Å²) in [5, 5.41) is 2.95. The van der Waals surface area contributed by atoms with Gasteiger partial charge < -0.3 is 20.7 Å². The van der Waals surface area contributed by atoms with Gasteiger partial charge in [0.15, 0.2) is 0 Å². The molecule has 1 saturated carbocycles. The zero-order valence-electron chi connectivity index (χ0n) is 12.1. The number of amides is 1. The number of hydrogen-bond acceptors (Lipinski definition) is 4. The van der Waals surface area contributed by atoms with E-state index in [0.29, 0.717) is 18.8 Å². The lowest BCUT2D eigenvalue weighted by molar-refractivity contribution is -0.123. The number of carbonyl (C=O) groups excluding carboxylic acids is 1. The van der Waals surface area contributed by atoms with E-state index in [0.717, 1.165) is 19.3 Å². The molecule has 1 aromatic rings. The molecule has 0 spiro atoms. The first-order valence-corrected chi connectivity index (χ1v) is 7.36. The predicted octanol–water partition coefficient (Wildman–Crippen LogP) is 1.47. The number of nitrogens with two attached hydrogens (primary N) is 1. The summed E-state index contributed by atoms with van der Waals surface area (Å²) in [6.07, 6.45) is 2.20. The smallest absolute Gasteiger partial charge is 0.387 e. The van der Waals surface area contributed by atoms with Gasteiger partial charge in [-0.2, -0.15) is 8.78 Å². The third-order valence-corrected chi connectivity index (χ3v) is 4.19. The van der Waals surface area contributed by atoms with Gasteiger partial charge in [0.2, 0.25) is 5.91 Å². The molecule has 0 bridgehead atoms. The van der Waals surface area contributed by atoms with E-state index < -0.39 is 12.2 Å². The first-order chi connectivity index (χ1) is 10.5. The Morgan fingerprint density at radius 1 is 1.41 bits per heavy atom. The van der Waals surface area contributed by atoms with Crippen molar-refractivity contribution in [3.63, 3.8) is 0 Å². The topological polar surface area (TPSA) is 67.6 Å². The second-order valence-electron chi connectivity index (χ2n) is 5.91. The summed E-state index contributed by atoms with van der Waals surface area (Å²) >= 11 is 0. The van der Waals surface area contributed by atoms with Crippen LogP contribution in [0.15, 0.2) is 24.3 Å². The quantitative estimate of drug-likeness (QED) is 0.864. The SMILES string of the molecule is NC1(C(=O)NC2CCN(c3ccccc3OC(F)F)C2)CC1. The standard InChI is InChI=1S/C15H19F2N3O2/c16-14(17)22-12-4-2-1-3-11(12)20-8-5-10(9-20)19-13(21)15(18)6-7-15/h1-4,10,14H,5-9,18H2,(H,19,21). The highest BCUT2D eigenvalue weighted by molar-refractivity contribution is 5.89. The highest BCUT2D eigenvalue weighted by atomic mass is 19.3. The van der Waals surface area contributed by atoms with Gasteiger partial charge in [0.25, 0.3) is 0 Å². The second-order valence-corrected chi connectivity index (χ2v) is 5.91. The number of alkyl halides is 2. The molecule has 3 rings (SSSR count). The van der Waals surface area contributed by atoms with Crippen LogP contribution in [0.2, 0.25) is 0 Å². The van der Waals surface area contributed by atoms with Crippen LogP contribution in [-0.2, 0) is 4.79 Å². The van der Waals surface area contributed by atoms with Crippen molar-refractivity contribution in [1.29, 1.82) is 0 Å². The molecule has 1 heterocycles. The first-order valence-electron chi connectivity index (χ1n) is 7.36. The summed E-state index contributed by atoms with van der Waals surface area (Å²) in [4.78, 5) is 13.9. The molecule has 1 aliphatic heterocycles. The van der Waals surface area contributed by atoms with Crippen molar-refractivity contribution in [3.8, 4) is 5.75 Å². The molecule has 1 aliphatic carbocycles. The van der Waals surface area contributed by atoms with Crippen molar-refractivity contribution < 1.29 is 18.3 Å². The third-order valence-electron chi connectivity index (χ3n) is 4.19. The Morgan fingerprint density at radius 3 is 2.82 bits per heavy atom. The highest BCUT2D eigenvalue weighted by Gasteiger charge is 2.46. The number of halogens is 2. The monoisotopic (exact) mass is 311 g/mol. The maximum atomic E-state index is 12.5. The van der Waals surface area contributed by atoms with Crippen LogP contribution in [0, 0.1) is 0 Å². The summed E-state index contributed by atoms with van der Waals surface area (Å²) in [5.74, 6) is 0.0402. The molecule has 1 amide bonds. The van der Waals surface area contributed by atoms with Gasteiger partial charge in [-0.3, -0.25) is 4.79 Å². The van der Waals surface area contributed by atoms with Crippen LogP contribution in [0.4, 0.5) is 14.5 Å². The molecule has 2 fully saturated rings. The van der Waals surface area contributed by atoms with Gasteiger partial charge >= 0.3 is 6.61 Å². The van der Waals surface area contributed by atoms with E-state index in [1.165, 1.54) is 6.07 Å². The van der Waals surface area contributed by atoms with Crippen molar-refractivity contribution in [2.75, 3.05) is 18.0 Å². The lowest BCUT2D eigenvalue weighted by atomic mass is 10.2. The highest BCUT2D eigenvalue weighted by Crippen LogP contribution is 2.34. The van der Waals surface area contributed by atoms with Crippen LogP contribution in [0.1, 0.15) is 19.3 Å². The molecule has 120 valence electrons. The Kier molecular flexibility index (Phi) is 3.90. The zero-order valence-corrected chi connectivity index (χ0v) is 12.1. The third kappa shape index (κ3) is 3.14. The normalized spacial score (nSPS) is 22.7. The van der Waals surface area contributed by atoms with Crippen LogP contribution in [0.5, 0.6) is 5.75 Å². The van der Waals surface area contributed by atoms with E-state index in [9.17, 15) is 13.6 Å². The number of para-hydroxylation sites is 2. The molecule has 2 aliphatic rings. The number of nitrogens with zero attached hydrogens (tertiary/aromatic N) is 1. The van der Waals surface area contributed by atoms with E-state index in [-0.39, 0.29) is 17.7 Å². The van der Waals surface area contributed by atoms with Crippen LogP contribution in [0.25, 0.3) is 0 Å². The summed E-state index contributed by atoms with van der Waals surface area (Å²) < 4.78 is 29.5. The van der Waals surface area contributed by atoms with Crippen LogP contribution in [0.3, 0.4) is 0 Å². The minimum absolute atomic E-state index is 0.0202. The van der Waals surface area contributed by atoms with Crippen molar-refractivity contribution in [2.45, 2.75) is 37.5 Å². The number of anilines is 1. The minimum Gasteiger partial charge on any atom is -0.433 e. The molecule has 1 aromatic carbocycles. The van der Waals surface area contributed by atoms with Crippen LogP contribution in [-0.4, -0.2) is 37.2 Å². The summed E-state index contributed by atoms with van der Waals surface area (Å²) in [6, 6.07) is 6.67. The van der Waals surface area contributed by atoms with E-state index in [4.69, 9.17) is 5.73 Å². The van der Waals surface area contributed by atoms with Gasteiger partial charge in [-0.25, -0.2) is 0 Å². The summed E-state index contributed by atoms with van der Waals surface area (Å²) in [6.45, 7) is -1.62. The van der Waals surface area contributed by atoms with Crippen molar-refractivity contribution in [2.24, 2.45) is 5.73 Å². The summed E-state index contributed by atoms with van der Waals surface area (Å²) in [5.41, 5.74) is 5.79. The first kappa shape index (κ1) is 15.0. The van der Waals surface area contributed by atoms with Crippen molar-refractivity contribution >= 4 is 11.6 Å². The fourth-order valence-corrected chi connectivity index (χ4v) is 2.70. The molecule has 1 atom stereocenters. The minimum atomic E-state index is -2.86. The Hall–Kier alpha value is -1.89. The van der Waals surface area contributed by atoms with E-state index in [1.54, 1.807) is 18.2 Å². The predicted molar refractivity (Wildman–Crippen MR) is 78.0 cm³/mol. The molecule has 1 unspecified atom stereocenters. The lowest BCUT2D eigenvalue weighted by Crippen LogP contribution is -2.47. The number of nitrogens with one attached hydrogen (secondary N) is 1. The van der Waals surface area contributed by atoms with Crippen molar-refractivity contribution in [1.82, 2.24) is 5.32 Å². The summed E-state index contributed by atoms with van der Waals surface area (Å²) in [7, 11) is 0. The molecule has 22 heavy (non-hydrogen) atoms. The Labute approximate surface area is 127 Å². The van der Waals surface area contributed by atoms with Gasteiger partial charge in [-0.15, -0.1) is 0 Å². The Bertz CT molecular complexity index is 563. The van der Waals surface area contributed by atoms with Gasteiger partial charge in [-0.1, -0.05) is 12.1 Å². The molecular weight excluding hydrogens is 292 g/mol. The largest absolute Gasteiger partial charge is 0.433 e. The van der Waals surface area contributed by atoms with Gasteiger partial charge in [0, 0.05) is 19.1 Å². The van der Waals surface area contributed by atoms with Crippen LogP contribution >= 0.6 is 0 Å². The molecule has 5 nitrogen and oxygen atoms in total. The number of hydrogen-bond donors (Lipinski definition) is 2. The van der Waals surface area contributed by atoms with E-state index in [2.05, 4.69) is 10.1 Å². The fraction of sp³-hybridized carbons (Fsp3) is 0.533. The molecule has 7 heteroatoms. The van der Waals surface area contributed by atoms with Gasteiger partial charge in [0.05, 0.1) is 11.2 Å². The molecular formula is C15H19F2N3O2. The number of benzene rings is 1. The molecule has 0 aromatic heterocycles. The average molecular weight is 311 g/mol. The van der Waals surface area contributed by atoms with Crippen molar-refractivity contribution in [3.05, 3.63) is 24.3 Å². The van der Waals surface area contributed by atoms with E-state index in [1.807, 2.05) is 4.90 Å². The molecule has 1 saturated heterocycles. The van der Waals surface area contributed by atoms with Crippen LogP contribution < -0.4 is 20.7 Å². The lowest BCUT2D eigenvalue weighted by Gasteiger charge is -2.22. The van der Waals surface area contributed by atoms with Gasteiger partial charge in [-0.05, 0) is 31.4 Å². The maximum absolute atomic E-state index is 12.5. The maximum Gasteiger partial charge on any atom is 0.387 e. The molecule has 3 N–H and O–H groups in total. The van der Waals surface area contributed by atoms with E-state index >= 15 is 0 Å².